The van der Waals surface area contributed by atoms with Crippen LogP contribution in [-0.4, -0.2) is 42.2 Å². The van der Waals surface area contributed by atoms with Gasteiger partial charge in [0.05, 0.1) is 12.8 Å². The third-order valence-corrected chi connectivity index (χ3v) is 4.97. The molecule has 2 aromatic rings. The molecule has 1 fully saturated rings. The zero-order valence-corrected chi connectivity index (χ0v) is 16.7. The van der Waals surface area contributed by atoms with Crippen molar-refractivity contribution in [3.05, 3.63) is 42.0 Å². The molecule has 1 saturated heterocycles. The second-order valence-corrected chi connectivity index (χ2v) is 6.84. The average Bonchev–Trinajstić information content (AvgIpc) is 2.72. The first-order valence-corrected chi connectivity index (χ1v) is 9.17. The Morgan fingerprint density at radius 1 is 1.25 bits per heavy atom. The van der Waals surface area contributed by atoms with Gasteiger partial charge < -0.3 is 15.4 Å². The molecule has 3 rings (SSSR count). The molecule has 28 heavy (non-hydrogen) atoms. The van der Waals surface area contributed by atoms with Crippen molar-refractivity contribution < 1.29 is 9.53 Å². The minimum Gasteiger partial charge on any atom is -0.469 e. The number of amidine groups is 1. The standard InChI is InChI=1S/C20H25N5O2.ClH/c1-27-19(26)11-4-14-3-2-12-25(13-14)18-10-9-17(23-24-18)15-5-7-16(8-6-15)20(21)22;/h5-10,14H,2-4,11-13H2,1H3,(H3,21,22);1H. The summed E-state index contributed by atoms with van der Waals surface area (Å²) >= 11 is 0. The van der Waals surface area contributed by atoms with Gasteiger partial charge in [0.1, 0.15) is 5.84 Å². The van der Waals surface area contributed by atoms with Gasteiger partial charge >= 0.3 is 5.97 Å². The second kappa shape index (κ2) is 10.0. The molecular formula is C20H26ClN5O2. The Morgan fingerprint density at radius 2 is 2.00 bits per heavy atom. The van der Waals surface area contributed by atoms with Crippen LogP contribution in [0.1, 0.15) is 31.2 Å². The zero-order valence-electron chi connectivity index (χ0n) is 15.9. The molecule has 1 aromatic carbocycles. The van der Waals surface area contributed by atoms with E-state index in [4.69, 9.17) is 15.9 Å². The van der Waals surface area contributed by atoms with Crippen LogP contribution in [0.3, 0.4) is 0 Å². The van der Waals surface area contributed by atoms with Gasteiger partial charge in [0.15, 0.2) is 5.82 Å². The number of anilines is 1. The number of benzene rings is 1. The van der Waals surface area contributed by atoms with E-state index in [1.54, 1.807) is 0 Å². The lowest BCUT2D eigenvalue weighted by Gasteiger charge is -2.33. The average molecular weight is 404 g/mol. The number of hydrogen-bond acceptors (Lipinski definition) is 6. The Morgan fingerprint density at radius 3 is 2.61 bits per heavy atom. The summed E-state index contributed by atoms with van der Waals surface area (Å²) < 4.78 is 4.73. The molecule has 1 unspecified atom stereocenters. The third-order valence-electron chi connectivity index (χ3n) is 4.97. The fourth-order valence-corrected chi connectivity index (χ4v) is 3.40. The number of methoxy groups -OCH3 is 1. The molecule has 0 amide bonds. The number of nitrogens with one attached hydrogen (secondary N) is 1. The van der Waals surface area contributed by atoms with Crippen LogP contribution in [-0.2, 0) is 9.53 Å². The van der Waals surface area contributed by atoms with Gasteiger partial charge in [-0.25, -0.2) is 0 Å². The number of aromatic nitrogens is 2. The summed E-state index contributed by atoms with van der Waals surface area (Å²) in [4.78, 5) is 13.6. The molecule has 7 nitrogen and oxygen atoms in total. The first kappa shape index (κ1) is 21.6. The Labute approximate surface area is 171 Å². The lowest BCUT2D eigenvalue weighted by Crippen LogP contribution is -2.36. The highest BCUT2D eigenvalue weighted by atomic mass is 35.5. The smallest absolute Gasteiger partial charge is 0.305 e. The van der Waals surface area contributed by atoms with Gasteiger partial charge in [-0.15, -0.1) is 22.6 Å². The fourth-order valence-electron chi connectivity index (χ4n) is 3.40. The molecule has 0 bridgehead atoms. The van der Waals surface area contributed by atoms with Gasteiger partial charge in [-0.3, -0.25) is 10.2 Å². The van der Waals surface area contributed by atoms with Crippen molar-refractivity contribution in [2.24, 2.45) is 11.7 Å². The summed E-state index contributed by atoms with van der Waals surface area (Å²) in [5, 5.41) is 16.2. The quantitative estimate of drug-likeness (QED) is 0.436. The number of esters is 1. The van der Waals surface area contributed by atoms with E-state index in [-0.39, 0.29) is 24.2 Å². The van der Waals surface area contributed by atoms with Crippen LogP contribution in [0.25, 0.3) is 11.3 Å². The van der Waals surface area contributed by atoms with E-state index in [2.05, 4.69) is 15.1 Å². The van der Waals surface area contributed by atoms with Crippen LogP contribution in [0.15, 0.2) is 36.4 Å². The molecule has 0 aliphatic carbocycles. The van der Waals surface area contributed by atoms with Gasteiger partial charge in [0, 0.05) is 30.6 Å². The number of carbonyl (C=O) groups is 1. The normalized spacial score (nSPS) is 16.2. The van der Waals surface area contributed by atoms with Crippen LogP contribution in [0.2, 0.25) is 0 Å². The van der Waals surface area contributed by atoms with Crippen LogP contribution >= 0.6 is 12.4 Å². The van der Waals surface area contributed by atoms with Crippen molar-refractivity contribution in [2.45, 2.75) is 25.7 Å². The van der Waals surface area contributed by atoms with E-state index in [0.717, 1.165) is 49.4 Å². The molecule has 0 saturated carbocycles. The number of nitrogen functional groups attached to an aromatic ring is 1. The largest absolute Gasteiger partial charge is 0.469 e. The highest BCUT2D eigenvalue weighted by molar-refractivity contribution is 5.95. The number of nitrogens with zero attached hydrogens (tertiary/aromatic N) is 3. The molecule has 1 atom stereocenters. The van der Waals surface area contributed by atoms with E-state index in [1.165, 1.54) is 7.11 Å². The molecule has 1 aliphatic heterocycles. The lowest BCUT2D eigenvalue weighted by molar-refractivity contribution is -0.140. The molecule has 0 spiro atoms. The molecule has 1 aromatic heterocycles. The Hall–Kier alpha value is -2.67. The first-order valence-electron chi connectivity index (χ1n) is 9.17. The predicted octanol–water partition coefficient (Wildman–Crippen LogP) is 3.02. The van der Waals surface area contributed by atoms with Crippen molar-refractivity contribution in [3.8, 4) is 11.3 Å². The molecule has 2 heterocycles. The summed E-state index contributed by atoms with van der Waals surface area (Å²) in [6.45, 7) is 1.84. The number of carbonyl (C=O) groups excluding carboxylic acids is 1. The molecular weight excluding hydrogens is 378 g/mol. The number of nitrogens with two attached hydrogens (primary N) is 1. The third kappa shape index (κ3) is 5.42. The Balaban J connectivity index is 0.00000280. The highest BCUT2D eigenvalue weighted by Crippen LogP contribution is 2.25. The van der Waals surface area contributed by atoms with Gasteiger partial charge in [0.2, 0.25) is 0 Å². The van der Waals surface area contributed by atoms with Crippen LogP contribution in [0.5, 0.6) is 0 Å². The number of halogens is 1. The van der Waals surface area contributed by atoms with Crippen LogP contribution < -0.4 is 10.6 Å². The maximum Gasteiger partial charge on any atom is 0.305 e. The van der Waals surface area contributed by atoms with Gasteiger partial charge in [-0.1, -0.05) is 24.3 Å². The second-order valence-electron chi connectivity index (χ2n) is 6.84. The topological polar surface area (TPSA) is 105 Å². The van der Waals surface area contributed by atoms with Gasteiger partial charge in [-0.05, 0) is 37.3 Å². The summed E-state index contributed by atoms with van der Waals surface area (Å²) in [6.07, 6.45) is 3.52. The zero-order chi connectivity index (χ0) is 19.2. The number of hydrogen-bond donors (Lipinski definition) is 2. The maximum atomic E-state index is 11.4. The van der Waals surface area contributed by atoms with Crippen molar-refractivity contribution in [1.29, 1.82) is 5.41 Å². The maximum absolute atomic E-state index is 11.4. The minimum atomic E-state index is -0.146. The van der Waals surface area contributed by atoms with E-state index >= 15 is 0 Å². The Kier molecular flexibility index (Phi) is 7.75. The molecule has 8 heteroatoms. The first-order chi connectivity index (χ1) is 13.1. The molecule has 3 N–H and O–H groups in total. The van der Waals surface area contributed by atoms with Crippen LogP contribution in [0, 0.1) is 11.3 Å². The van der Waals surface area contributed by atoms with E-state index in [9.17, 15) is 4.79 Å². The van der Waals surface area contributed by atoms with E-state index in [1.807, 2.05) is 36.4 Å². The van der Waals surface area contributed by atoms with Gasteiger partial charge in [0.25, 0.3) is 0 Å². The number of piperidine rings is 1. The molecule has 0 radical (unpaired) electrons. The highest BCUT2D eigenvalue weighted by Gasteiger charge is 2.22. The molecule has 150 valence electrons. The Bertz CT molecular complexity index is 795. The minimum absolute atomic E-state index is 0. The van der Waals surface area contributed by atoms with Crippen LogP contribution in [0.4, 0.5) is 5.82 Å². The summed E-state index contributed by atoms with van der Waals surface area (Å²) in [6, 6.07) is 11.4. The van der Waals surface area contributed by atoms with E-state index in [0.29, 0.717) is 17.9 Å². The lowest BCUT2D eigenvalue weighted by atomic mass is 9.93. The van der Waals surface area contributed by atoms with Crippen molar-refractivity contribution in [2.75, 3.05) is 25.1 Å². The monoisotopic (exact) mass is 403 g/mol. The van der Waals surface area contributed by atoms with Crippen molar-refractivity contribution in [1.82, 2.24) is 10.2 Å². The predicted molar refractivity (Wildman–Crippen MR) is 112 cm³/mol. The van der Waals surface area contributed by atoms with Crippen molar-refractivity contribution >= 4 is 30.0 Å². The summed E-state index contributed by atoms with van der Waals surface area (Å²) in [7, 11) is 1.43. The van der Waals surface area contributed by atoms with Crippen molar-refractivity contribution in [3.63, 3.8) is 0 Å². The number of rotatable bonds is 6. The SMILES string of the molecule is COC(=O)CCC1CCCN(c2ccc(-c3ccc(C(=N)N)cc3)nn2)C1.Cl. The summed E-state index contributed by atoms with van der Waals surface area (Å²) in [5.41, 5.74) is 7.90. The number of ether oxygens (including phenoxy) is 1. The van der Waals surface area contributed by atoms with Gasteiger partial charge in [-0.2, -0.15) is 0 Å². The molecule has 1 aliphatic rings. The van der Waals surface area contributed by atoms with E-state index < -0.39 is 0 Å². The summed E-state index contributed by atoms with van der Waals surface area (Å²) in [5.74, 6) is 1.24. The fraction of sp³-hybridized carbons (Fsp3) is 0.400.